The zero-order valence-electron chi connectivity index (χ0n) is 26.0. The number of hydrogen-bond donors (Lipinski definition) is 2. The number of aromatic hydroxyl groups is 1. The fourth-order valence-corrected chi connectivity index (χ4v) is 9.08. The maximum Gasteiger partial charge on any atom is 0.319 e. The number of aryl methyl sites for hydroxylation is 1. The van der Waals surface area contributed by atoms with Gasteiger partial charge in [0.25, 0.3) is 0 Å². The highest BCUT2D eigenvalue weighted by atomic mass is 19.1. The standard InChI is InChI=1S/C35H35F4N5O3/c1-2-21-23(37)6-4-17-10-20(45)11-22(26(17)21)27-29(38)31-28-32(30(27)39)46-15-25-24-7-5-19(40-24)14-44(25)33(28)42-34(41-31)47-16-35-8-3-9-43(35)13-18(36)12-35/h4,6,10-11,18-19,24-25,40,45H,2-3,5,7-9,12-16H2,1H3/t18-,19-,24+,25-,35+/m1/s1. The summed E-state index contributed by atoms with van der Waals surface area (Å²) in [4.78, 5) is 13.5. The van der Waals surface area contributed by atoms with Gasteiger partial charge in [0, 0.05) is 31.6 Å². The van der Waals surface area contributed by atoms with Gasteiger partial charge in [-0.2, -0.15) is 9.97 Å². The number of benzene rings is 3. The van der Waals surface area contributed by atoms with E-state index < -0.39 is 34.7 Å². The number of halogens is 4. The largest absolute Gasteiger partial charge is 0.508 e. The first-order valence-corrected chi connectivity index (χ1v) is 16.6. The van der Waals surface area contributed by atoms with Crippen LogP contribution < -0.4 is 19.7 Å². The first-order chi connectivity index (χ1) is 22.7. The Balaban J connectivity index is 1.27. The third-order valence-electron chi connectivity index (χ3n) is 11.2. The fraction of sp³-hybridized carbons (Fsp3) is 0.486. The quantitative estimate of drug-likeness (QED) is 0.263. The Labute approximate surface area is 268 Å². The van der Waals surface area contributed by atoms with E-state index >= 15 is 13.2 Å². The van der Waals surface area contributed by atoms with Crippen molar-refractivity contribution >= 4 is 27.5 Å². The van der Waals surface area contributed by atoms with Crippen LogP contribution in [0.1, 0.15) is 44.6 Å². The van der Waals surface area contributed by atoms with Crippen molar-refractivity contribution in [3.05, 3.63) is 47.3 Å². The summed E-state index contributed by atoms with van der Waals surface area (Å²) >= 11 is 0. The van der Waals surface area contributed by atoms with Crippen LogP contribution in [-0.2, 0) is 6.42 Å². The highest BCUT2D eigenvalue weighted by Gasteiger charge is 2.50. The zero-order chi connectivity index (χ0) is 32.2. The number of nitrogens with zero attached hydrogens (tertiary/aromatic N) is 4. The van der Waals surface area contributed by atoms with Crippen LogP contribution in [0.15, 0.2) is 24.3 Å². The minimum Gasteiger partial charge on any atom is -0.508 e. The number of piperazine rings is 1. The monoisotopic (exact) mass is 649 g/mol. The summed E-state index contributed by atoms with van der Waals surface area (Å²) in [6.07, 6.45) is 3.24. The molecule has 5 aliphatic rings. The van der Waals surface area contributed by atoms with E-state index in [2.05, 4.69) is 20.1 Å². The first-order valence-electron chi connectivity index (χ1n) is 16.6. The van der Waals surface area contributed by atoms with E-state index in [1.54, 1.807) is 6.92 Å². The Morgan fingerprint density at radius 3 is 2.83 bits per heavy atom. The molecule has 5 aliphatic heterocycles. The fourth-order valence-electron chi connectivity index (χ4n) is 9.08. The molecule has 0 radical (unpaired) electrons. The van der Waals surface area contributed by atoms with Crippen LogP contribution in [0, 0.1) is 17.5 Å². The minimum absolute atomic E-state index is 0.00106. The van der Waals surface area contributed by atoms with Gasteiger partial charge in [-0.05, 0) is 78.7 Å². The van der Waals surface area contributed by atoms with Gasteiger partial charge in [0.1, 0.15) is 42.3 Å². The molecule has 8 nitrogen and oxygen atoms in total. The Bertz CT molecular complexity index is 1960. The van der Waals surface area contributed by atoms with Crippen LogP contribution in [0.2, 0.25) is 0 Å². The molecule has 3 aromatic carbocycles. The van der Waals surface area contributed by atoms with Crippen molar-refractivity contribution in [2.45, 2.75) is 75.3 Å². The molecule has 1 aromatic heterocycles. The van der Waals surface area contributed by atoms with E-state index in [9.17, 15) is 9.50 Å². The Morgan fingerprint density at radius 2 is 1.98 bits per heavy atom. The summed E-state index contributed by atoms with van der Waals surface area (Å²) in [6, 6.07) is 5.45. The molecular weight excluding hydrogens is 614 g/mol. The lowest BCUT2D eigenvalue weighted by atomic mass is 9.91. The molecule has 6 heterocycles. The van der Waals surface area contributed by atoms with E-state index in [-0.39, 0.29) is 77.3 Å². The van der Waals surface area contributed by atoms with Gasteiger partial charge in [0.15, 0.2) is 17.4 Å². The Hall–Kier alpha value is -3.90. The van der Waals surface area contributed by atoms with E-state index in [4.69, 9.17) is 14.5 Å². The van der Waals surface area contributed by atoms with Crippen molar-refractivity contribution < 1.29 is 32.1 Å². The van der Waals surface area contributed by atoms with Crippen LogP contribution in [-0.4, -0.2) is 82.7 Å². The van der Waals surface area contributed by atoms with Crippen LogP contribution >= 0.6 is 0 Å². The number of anilines is 1. The van der Waals surface area contributed by atoms with Gasteiger partial charge in [0.2, 0.25) is 0 Å². The lowest BCUT2D eigenvalue weighted by molar-refractivity contribution is 0.107. The molecule has 2 bridgehead atoms. The maximum atomic E-state index is 17.1. The molecule has 12 heteroatoms. The van der Waals surface area contributed by atoms with Gasteiger partial charge < -0.3 is 24.8 Å². The average Bonchev–Trinajstić information content (AvgIpc) is 3.68. The van der Waals surface area contributed by atoms with Crippen molar-refractivity contribution in [3.63, 3.8) is 0 Å². The summed E-state index contributed by atoms with van der Waals surface area (Å²) in [5, 5.41) is 15.2. The molecule has 9 rings (SSSR count). The summed E-state index contributed by atoms with van der Waals surface area (Å²) in [6.45, 7) is 3.74. The minimum atomic E-state index is -0.988. The number of alkyl halides is 1. The number of ether oxygens (including phenoxy) is 2. The molecule has 0 amide bonds. The van der Waals surface area contributed by atoms with Gasteiger partial charge in [0.05, 0.1) is 22.5 Å². The van der Waals surface area contributed by atoms with E-state index in [1.807, 2.05) is 0 Å². The summed E-state index contributed by atoms with van der Waals surface area (Å²) in [7, 11) is 0. The van der Waals surface area contributed by atoms with Gasteiger partial charge in [-0.1, -0.05) is 13.0 Å². The number of aromatic nitrogens is 2. The van der Waals surface area contributed by atoms with Crippen molar-refractivity contribution in [3.8, 4) is 28.6 Å². The second kappa shape index (κ2) is 10.6. The normalized spacial score (nSPS) is 28.1. The number of hydrogen-bond acceptors (Lipinski definition) is 8. The van der Waals surface area contributed by atoms with Gasteiger partial charge in [-0.15, -0.1) is 0 Å². The zero-order valence-corrected chi connectivity index (χ0v) is 26.0. The lowest BCUT2D eigenvalue weighted by Gasteiger charge is -2.40. The first kappa shape index (κ1) is 29.3. The number of nitrogens with one attached hydrogen (secondary N) is 1. The topological polar surface area (TPSA) is 83.0 Å². The number of fused-ring (bicyclic) bond motifs is 7. The Kier molecular flexibility index (Phi) is 6.57. The van der Waals surface area contributed by atoms with Crippen molar-refractivity contribution in [2.24, 2.45) is 0 Å². The summed E-state index contributed by atoms with van der Waals surface area (Å²) < 4.78 is 76.2. The highest BCUT2D eigenvalue weighted by molar-refractivity contribution is 6.05. The molecule has 0 saturated carbocycles. The molecule has 4 saturated heterocycles. The van der Waals surface area contributed by atoms with E-state index in [0.717, 1.165) is 32.2 Å². The summed E-state index contributed by atoms with van der Waals surface area (Å²) in [5.41, 5.74) is -0.869. The second-order valence-corrected chi connectivity index (χ2v) is 13.8. The number of phenolic OH excluding ortho intramolecular Hbond substituents is 1. The molecule has 47 heavy (non-hydrogen) atoms. The number of rotatable bonds is 5. The van der Waals surface area contributed by atoms with Gasteiger partial charge in [-0.3, -0.25) is 4.90 Å². The third-order valence-corrected chi connectivity index (χ3v) is 11.2. The molecule has 2 N–H and O–H groups in total. The summed E-state index contributed by atoms with van der Waals surface area (Å²) in [5.74, 6) is -2.54. The molecule has 0 spiro atoms. The Morgan fingerprint density at radius 1 is 1.11 bits per heavy atom. The SMILES string of the molecule is CCc1c(F)ccc2cc(O)cc(-c3c(F)c4c5c(nc(OC[C@@]67CCCN6C[C@H](F)C7)nc5c3F)N3C[C@H]5CC[C@H](N5)[C@H]3CO4)c12. The van der Waals surface area contributed by atoms with Crippen molar-refractivity contribution in [1.82, 2.24) is 20.2 Å². The predicted octanol–water partition coefficient (Wildman–Crippen LogP) is 5.79. The molecule has 0 unspecified atom stereocenters. The van der Waals surface area contributed by atoms with Gasteiger partial charge in [-0.25, -0.2) is 17.6 Å². The highest BCUT2D eigenvalue weighted by Crippen LogP contribution is 2.49. The van der Waals surface area contributed by atoms with E-state index in [1.165, 1.54) is 24.3 Å². The molecule has 0 aliphatic carbocycles. The van der Waals surface area contributed by atoms with Crippen LogP contribution in [0.3, 0.4) is 0 Å². The van der Waals surface area contributed by atoms with Crippen molar-refractivity contribution in [1.29, 1.82) is 0 Å². The predicted molar refractivity (Wildman–Crippen MR) is 169 cm³/mol. The van der Waals surface area contributed by atoms with Gasteiger partial charge >= 0.3 is 6.01 Å². The van der Waals surface area contributed by atoms with Crippen LogP contribution in [0.5, 0.6) is 17.5 Å². The molecule has 4 fully saturated rings. The average molecular weight is 650 g/mol. The molecule has 5 atom stereocenters. The number of phenols is 1. The lowest BCUT2D eigenvalue weighted by Crippen LogP contribution is -2.60. The third kappa shape index (κ3) is 4.33. The van der Waals surface area contributed by atoms with E-state index in [0.29, 0.717) is 36.1 Å². The molecule has 246 valence electrons. The molecule has 4 aromatic rings. The van der Waals surface area contributed by atoms with Crippen LogP contribution in [0.4, 0.5) is 23.4 Å². The second-order valence-electron chi connectivity index (χ2n) is 13.8. The maximum absolute atomic E-state index is 17.1. The molecular formula is C35H35F4N5O3. The van der Waals surface area contributed by atoms with Crippen molar-refractivity contribution in [2.75, 3.05) is 37.7 Å². The smallest absolute Gasteiger partial charge is 0.319 e. The van der Waals surface area contributed by atoms with Crippen LogP contribution in [0.25, 0.3) is 32.8 Å².